The monoisotopic (exact) mass is 340 g/mol. The molecule has 0 unspecified atom stereocenters. The topological polar surface area (TPSA) is 72.6 Å². The van der Waals surface area contributed by atoms with E-state index in [1.165, 1.54) is 16.3 Å². The fourth-order valence-electron chi connectivity index (χ4n) is 2.36. The van der Waals surface area contributed by atoms with E-state index in [1.54, 1.807) is 17.6 Å². The zero-order valence-electron chi connectivity index (χ0n) is 11.9. The summed E-state index contributed by atoms with van der Waals surface area (Å²) in [6, 6.07) is 11.7. The summed E-state index contributed by atoms with van der Waals surface area (Å²) in [6.45, 7) is 0.200. The molecular weight excluding hydrogens is 328 g/mol. The molecule has 0 saturated carbocycles. The molecule has 0 bridgehead atoms. The van der Waals surface area contributed by atoms with Crippen molar-refractivity contribution in [2.45, 2.75) is 0 Å². The highest BCUT2D eigenvalue weighted by Crippen LogP contribution is 2.33. The van der Waals surface area contributed by atoms with Crippen molar-refractivity contribution in [3.63, 3.8) is 0 Å². The molecule has 3 heterocycles. The number of hydrogen-bond donors (Lipinski definition) is 2. The van der Waals surface area contributed by atoms with E-state index < -0.39 is 0 Å². The standard InChI is InChI=1S/C16H12N4OS2/c17-15-14(16-19-11-5-1-2-6-13(11)23-16)12(21)9-20(15)18-8-10-4-3-7-22-10/h1-8,17,21H,9H2/b17-15?,18-8+. The Morgan fingerprint density at radius 1 is 1.26 bits per heavy atom. The Bertz CT molecular complexity index is 907. The maximum atomic E-state index is 10.3. The van der Waals surface area contributed by atoms with Crippen LogP contribution in [0, 0.1) is 5.41 Å². The number of para-hydroxylation sites is 1. The van der Waals surface area contributed by atoms with E-state index in [-0.39, 0.29) is 18.1 Å². The van der Waals surface area contributed by atoms with Gasteiger partial charge in [0.05, 0.1) is 22.0 Å². The highest BCUT2D eigenvalue weighted by molar-refractivity contribution is 7.19. The summed E-state index contributed by atoms with van der Waals surface area (Å²) in [6.07, 6.45) is 1.70. The lowest BCUT2D eigenvalue weighted by atomic mass is 10.2. The number of aliphatic hydroxyl groups is 1. The number of aromatic nitrogens is 1. The molecular formula is C16H12N4OS2. The van der Waals surface area contributed by atoms with Crippen molar-refractivity contribution in [1.82, 2.24) is 9.99 Å². The molecule has 1 aromatic carbocycles. The first kappa shape index (κ1) is 14.1. The Balaban J connectivity index is 1.64. The predicted molar refractivity (Wildman–Crippen MR) is 95.5 cm³/mol. The molecule has 0 saturated heterocycles. The zero-order valence-corrected chi connectivity index (χ0v) is 13.6. The second-order valence-electron chi connectivity index (χ2n) is 4.97. The van der Waals surface area contributed by atoms with Crippen LogP contribution in [0.15, 0.2) is 52.6 Å². The third kappa shape index (κ3) is 2.54. The summed E-state index contributed by atoms with van der Waals surface area (Å²) in [5.41, 5.74) is 1.34. The first-order chi connectivity index (χ1) is 11.2. The number of thiazole rings is 1. The molecule has 5 nitrogen and oxygen atoms in total. The third-order valence-electron chi connectivity index (χ3n) is 3.46. The van der Waals surface area contributed by atoms with Crippen LogP contribution < -0.4 is 0 Å². The lowest BCUT2D eigenvalue weighted by Gasteiger charge is -2.10. The summed E-state index contributed by atoms with van der Waals surface area (Å²) < 4.78 is 1.04. The quantitative estimate of drug-likeness (QED) is 0.709. The summed E-state index contributed by atoms with van der Waals surface area (Å²) in [5.74, 6) is 0.312. The Labute approximate surface area is 140 Å². The molecule has 1 aliphatic rings. The minimum atomic E-state index is 0.136. The minimum absolute atomic E-state index is 0.136. The van der Waals surface area contributed by atoms with Crippen molar-refractivity contribution in [3.05, 3.63) is 57.4 Å². The fraction of sp³-hybridized carbons (Fsp3) is 0.0625. The van der Waals surface area contributed by atoms with Gasteiger partial charge in [-0.1, -0.05) is 18.2 Å². The van der Waals surface area contributed by atoms with Crippen molar-refractivity contribution in [2.24, 2.45) is 5.10 Å². The Kier molecular flexibility index (Phi) is 3.44. The normalized spacial score (nSPS) is 15.5. The van der Waals surface area contributed by atoms with Gasteiger partial charge in [-0.15, -0.1) is 22.7 Å². The molecule has 0 radical (unpaired) electrons. The molecule has 2 N–H and O–H groups in total. The van der Waals surface area contributed by atoms with Crippen molar-refractivity contribution in [1.29, 1.82) is 5.41 Å². The first-order valence-electron chi connectivity index (χ1n) is 6.94. The summed E-state index contributed by atoms with van der Waals surface area (Å²) in [5, 5.41) is 27.0. The molecule has 0 amide bonds. The average molecular weight is 340 g/mol. The number of nitrogens with zero attached hydrogens (tertiary/aromatic N) is 3. The molecule has 23 heavy (non-hydrogen) atoms. The van der Waals surface area contributed by atoms with E-state index in [0.29, 0.717) is 10.6 Å². The van der Waals surface area contributed by atoms with Crippen LogP contribution in [0.25, 0.3) is 15.8 Å². The fourth-order valence-corrected chi connectivity index (χ4v) is 3.97. The Morgan fingerprint density at radius 2 is 2.13 bits per heavy atom. The van der Waals surface area contributed by atoms with E-state index in [0.717, 1.165) is 15.1 Å². The summed E-state index contributed by atoms with van der Waals surface area (Å²) in [7, 11) is 0. The van der Waals surface area contributed by atoms with Crippen molar-refractivity contribution in [2.75, 3.05) is 6.54 Å². The van der Waals surface area contributed by atoms with Gasteiger partial charge in [-0.2, -0.15) is 5.10 Å². The third-order valence-corrected chi connectivity index (χ3v) is 5.32. The highest BCUT2D eigenvalue weighted by Gasteiger charge is 2.30. The largest absolute Gasteiger partial charge is 0.509 e. The molecule has 0 atom stereocenters. The Morgan fingerprint density at radius 3 is 2.91 bits per heavy atom. The molecule has 0 spiro atoms. The van der Waals surface area contributed by atoms with Gasteiger partial charge in [0.1, 0.15) is 17.3 Å². The second-order valence-corrected chi connectivity index (χ2v) is 6.98. The first-order valence-corrected chi connectivity index (χ1v) is 8.64. The highest BCUT2D eigenvalue weighted by atomic mass is 32.1. The number of hydrogen-bond acceptors (Lipinski definition) is 6. The molecule has 0 aliphatic carbocycles. The smallest absolute Gasteiger partial charge is 0.155 e. The number of aliphatic hydroxyl groups excluding tert-OH is 1. The van der Waals surface area contributed by atoms with Gasteiger partial charge in [0.15, 0.2) is 5.84 Å². The van der Waals surface area contributed by atoms with Gasteiger partial charge < -0.3 is 5.11 Å². The number of hydrazone groups is 1. The lowest BCUT2D eigenvalue weighted by Crippen LogP contribution is -2.20. The Hall–Kier alpha value is -2.51. The van der Waals surface area contributed by atoms with Gasteiger partial charge in [0.25, 0.3) is 0 Å². The molecule has 114 valence electrons. The van der Waals surface area contributed by atoms with Crippen molar-refractivity contribution >= 4 is 50.5 Å². The second kappa shape index (κ2) is 5.60. The van der Waals surface area contributed by atoms with Gasteiger partial charge in [0.2, 0.25) is 0 Å². The van der Waals surface area contributed by atoms with Crippen LogP contribution in [0.2, 0.25) is 0 Å². The number of nitrogens with one attached hydrogen (secondary N) is 1. The van der Waals surface area contributed by atoms with Gasteiger partial charge in [-0.25, -0.2) is 9.99 Å². The molecule has 4 rings (SSSR count). The summed E-state index contributed by atoms with van der Waals surface area (Å²) in [4.78, 5) is 5.53. The number of thiophene rings is 1. The van der Waals surface area contributed by atoms with Gasteiger partial charge in [-0.3, -0.25) is 5.41 Å². The van der Waals surface area contributed by atoms with E-state index >= 15 is 0 Å². The van der Waals surface area contributed by atoms with Crippen molar-refractivity contribution < 1.29 is 5.11 Å². The number of benzene rings is 1. The van der Waals surface area contributed by atoms with E-state index in [9.17, 15) is 5.11 Å². The molecule has 2 aromatic heterocycles. The molecule has 1 aliphatic heterocycles. The van der Waals surface area contributed by atoms with Crippen LogP contribution in [0.5, 0.6) is 0 Å². The van der Waals surface area contributed by atoms with Gasteiger partial charge in [-0.05, 0) is 23.6 Å². The van der Waals surface area contributed by atoms with Crippen LogP contribution in [0.3, 0.4) is 0 Å². The van der Waals surface area contributed by atoms with E-state index in [4.69, 9.17) is 5.41 Å². The van der Waals surface area contributed by atoms with E-state index in [1.807, 2.05) is 41.8 Å². The van der Waals surface area contributed by atoms with Crippen molar-refractivity contribution in [3.8, 4) is 0 Å². The predicted octanol–water partition coefficient (Wildman–Crippen LogP) is 3.95. The SMILES string of the molecule is N=C1C(c2nc3ccccc3s2)=C(O)CN1/N=C/c1cccs1. The average Bonchev–Trinajstić information content (AvgIpc) is 3.24. The van der Waals surface area contributed by atoms with Crippen LogP contribution in [-0.2, 0) is 0 Å². The van der Waals surface area contributed by atoms with Gasteiger partial charge in [0, 0.05) is 4.88 Å². The van der Waals surface area contributed by atoms with E-state index in [2.05, 4.69) is 10.1 Å². The number of amidine groups is 1. The molecule has 7 heteroatoms. The maximum absolute atomic E-state index is 10.3. The van der Waals surface area contributed by atoms with Crippen LogP contribution >= 0.6 is 22.7 Å². The number of fused-ring (bicyclic) bond motifs is 1. The van der Waals surface area contributed by atoms with Crippen LogP contribution in [0.4, 0.5) is 0 Å². The lowest BCUT2D eigenvalue weighted by molar-refractivity contribution is 0.358. The molecule has 3 aromatic rings. The molecule has 0 fully saturated rings. The van der Waals surface area contributed by atoms with Gasteiger partial charge >= 0.3 is 0 Å². The number of rotatable bonds is 3. The van der Waals surface area contributed by atoms with Crippen LogP contribution in [0.1, 0.15) is 9.88 Å². The minimum Gasteiger partial charge on any atom is -0.509 e. The summed E-state index contributed by atoms with van der Waals surface area (Å²) >= 11 is 3.05. The zero-order chi connectivity index (χ0) is 15.8. The maximum Gasteiger partial charge on any atom is 0.155 e. The van der Waals surface area contributed by atoms with Crippen LogP contribution in [-0.4, -0.2) is 33.7 Å².